The maximum Gasteiger partial charge on any atom is 0.344 e. The molecule has 0 spiro atoms. The van der Waals surface area contributed by atoms with Crippen molar-refractivity contribution in [2.75, 3.05) is 6.61 Å². The van der Waals surface area contributed by atoms with Crippen molar-refractivity contribution < 1.29 is 19.1 Å². The topological polar surface area (TPSA) is 52.6 Å². The number of ether oxygens (including phenoxy) is 2. The third-order valence-electron chi connectivity index (χ3n) is 6.08. The van der Waals surface area contributed by atoms with E-state index in [1.165, 1.54) is 6.42 Å². The Kier molecular flexibility index (Phi) is 7.67. The van der Waals surface area contributed by atoms with Crippen LogP contribution in [0.15, 0.2) is 60.7 Å². The lowest BCUT2D eigenvalue weighted by atomic mass is 9.75. The highest BCUT2D eigenvalue weighted by molar-refractivity contribution is 5.84. The molecule has 4 nitrogen and oxygen atoms in total. The van der Waals surface area contributed by atoms with Gasteiger partial charge in [0.15, 0.2) is 6.61 Å². The van der Waals surface area contributed by atoms with E-state index in [1.54, 1.807) is 0 Å². The molecule has 3 rings (SSSR count). The summed E-state index contributed by atoms with van der Waals surface area (Å²) in [6.45, 7) is 6.18. The van der Waals surface area contributed by atoms with Crippen LogP contribution in [-0.4, -0.2) is 24.6 Å². The first kappa shape index (κ1) is 22.1. The van der Waals surface area contributed by atoms with Gasteiger partial charge in [-0.15, -0.1) is 0 Å². The van der Waals surface area contributed by atoms with Crippen molar-refractivity contribution in [3.8, 4) is 0 Å². The molecule has 0 bridgehead atoms. The Bertz CT molecular complexity index is 776. The number of hydrogen-bond donors (Lipinski definition) is 0. The van der Waals surface area contributed by atoms with Crippen molar-refractivity contribution in [1.82, 2.24) is 0 Å². The minimum atomic E-state index is -0.571. The predicted octanol–water partition coefficient (Wildman–Crippen LogP) is 5.37. The number of rotatable bonds is 7. The standard InChI is InChI=1S/C26H32O4/c1-18(2)22-15-14-19(3)16-23(22)30-24(27)17-29-26(28)25(20-10-6-4-7-11-20)21-12-8-5-9-13-21/h4-13,18-19,22-23,25H,14-17H2,1-3H3. The van der Waals surface area contributed by atoms with Gasteiger partial charge < -0.3 is 9.47 Å². The predicted molar refractivity (Wildman–Crippen MR) is 117 cm³/mol. The van der Waals surface area contributed by atoms with Gasteiger partial charge >= 0.3 is 11.9 Å². The zero-order valence-electron chi connectivity index (χ0n) is 18.1. The second-order valence-electron chi connectivity index (χ2n) is 8.72. The zero-order chi connectivity index (χ0) is 21.5. The maximum absolute atomic E-state index is 12.9. The van der Waals surface area contributed by atoms with Crippen molar-refractivity contribution in [2.24, 2.45) is 17.8 Å². The van der Waals surface area contributed by atoms with Crippen molar-refractivity contribution >= 4 is 11.9 Å². The Morgan fingerprint density at radius 3 is 2.03 bits per heavy atom. The number of carbonyl (C=O) groups is 2. The fourth-order valence-electron chi connectivity index (χ4n) is 4.42. The Labute approximate surface area is 179 Å². The average molecular weight is 409 g/mol. The SMILES string of the molecule is CC1CCC(C(C)C)C(OC(=O)COC(=O)C(c2ccccc2)c2ccccc2)C1. The Balaban J connectivity index is 1.64. The quantitative estimate of drug-likeness (QED) is 0.578. The van der Waals surface area contributed by atoms with Gasteiger partial charge in [0.2, 0.25) is 0 Å². The van der Waals surface area contributed by atoms with Crippen molar-refractivity contribution in [3.05, 3.63) is 71.8 Å². The van der Waals surface area contributed by atoms with Gasteiger partial charge in [0, 0.05) is 0 Å². The van der Waals surface area contributed by atoms with Gasteiger partial charge in [0.05, 0.1) is 0 Å². The fourth-order valence-corrected chi connectivity index (χ4v) is 4.42. The Hall–Kier alpha value is -2.62. The van der Waals surface area contributed by atoms with Crippen LogP contribution in [0.5, 0.6) is 0 Å². The van der Waals surface area contributed by atoms with Crippen molar-refractivity contribution in [1.29, 1.82) is 0 Å². The van der Waals surface area contributed by atoms with E-state index >= 15 is 0 Å². The minimum absolute atomic E-state index is 0.0982. The lowest BCUT2D eigenvalue weighted by Gasteiger charge is -2.36. The lowest BCUT2D eigenvalue weighted by molar-refractivity contribution is -0.167. The number of benzene rings is 2. The molecule has 2 aromatic carbocycles. The Morgan fingerprint density at radius 1 is 0.933 bits per heavy atom. The van der Waals surface area contributed by atoms with Crippen LogP contribution in [0.2, 0.25) is 0 Å². The summed E-state index contributed by atoms with van der Waals surface area (Å²) < 4.78 is 11.2. The molecule has 1 fully saturated rings. The summed E-state index contributed by atoms with van der Waals surface area (Å²) >= 11 is 0. The summed E-state index contributed by atoms with van der Waals surface area (Å²) in [6, 6.07) is 19.0. The van der Waals surface area contributed by atoms with Crippen LogP contribution in [0.1, 0.15) is 57.1 Å². The molecule has 0 aliphatic heterocycles. The summed E-state index contributed by atoms with van der Waals surface area (Å²) in [7, 11) is 0. The van der Waals surface area contributed by atoms with Crippen LogP contribution in [0.3, 0.4) is 0 Å². The average Bonchev–Trinajstić information content (AvgIpc) is 2.74. The molecule has 0 aromatic heterocycles. The molecule has 4 heteroatoms. The van der Waals surface area contributed by atoms with Crippen LogP contribution in [0.25, 0.3) is 0 Å². The molecule has 0 saturated heterocycles. The van der Waals surface area contributed by atoms with E-state index in [-0.39, 0.29) is 12.7 Å². The molecule has 3 unspecified atom stereocenters. The third kappa shape index (κ3) is 5.71. The van der Waals surface area contributed by atoms with E-state index in [0.29, 0.717) is 17.8 Å². The van der Waals surface area contributed by atoms with E-state index in [4.69, 9.17) is 9.47 Å². The first-order valence-corrected chi connectivity index (χ1v) is 10.9. The largest absolute Gasteiger partial charge is 0.460 e. The molecule has 1 aliphatic rings. The van der Waals surface area contributed by atoms with Gasteiger partial charge in [0.25, 0.3) is 0 Å². The van der Waals surface area contributed by atoms with Crippen molar-refractivity contribution in [2.45, 2.75) is 52.1 Å². The van der Waals surface area contributed by atoms with E-state index in [0.717, 1.165) is 24.0 Å². The summed E-state index contributed by atoms with van der Waals surface area (Å²) in [4.78, 5) is 25.4. The molecule has 0 heterocycles. The van der Waals surface area contributed by atoms with Gasteiger partial charge in [-0.3, -0.25) is 4.79 Å². The van der Waals surface area contributed by atoms with Gasteiger partial charge in [-0.1, -0.05) is 87.9 Å². The molecule has 2 aromatic rings. The second-order valence-corrected chi connectivity index (χ2v) is 8.72. The van der Waals surface area contributed by atoms with Gasteiger partial charge in [0.1, 0.15) is 12.0 Å². The van der Waals surface area contributed by atoms with E-state index in [2.05, 4.69) is 20.8 Å². The summed E-state index contributed by atoms with van der Waals surface area (Å²) in [5, 5.41) is 0. The molecule has 0 radical (unpaired) electrons. The molecule has 0 N–H and O–H groups in total. The molecule has 160 valence electrons. The molecular weight excluding hydrogens is 376 g/mol. The maximum atomic E-state index is 12.9. The second kappa shape index (κ2) is 10.4. The smallest absolute Gasteiger partial charge is 0.344 e. The third-order valence-corrected chi connectivity index (χ3v) is 6.08. The molecular formula is C26H32O4. The lowest BCUT2D eigenvalue weighted by Crippen LogP contribution is -2.37. The van der Waals surface area contributed by atoms with Gasteiger partial charge in [-0.2, -0.15) is 0 Å². The number of hydrogen-bond acceptors (Lipinski definition) is 4. The van der Waals surface area contributed by atoms with Gasteiger partial charge in [-0.25, -0.2) is 4.79 Å². The highest BCUT2D eigenvalue weighted by Gasteiger charge is 2.34. The first-order valence-electron chi connectivity index (χ1n) is 10.9. The molecule has 1 aliphatic carbocycles. The van der Waals surface area contributed by atoms with Crippen LogP contribution < -0.4 is 0 Å². The Morgan fingerprint density at radius 2 is 1.50 bits per heavy atom. The number of carbonyl (C=O) groups excluding carboxylic acids is 2. The van der Waals surface area contributed by atoms with Crippen LogP contribution in [0, 0.1) is 17.8 Å². The van der Waals surface area contributed by atoms with Crippen LogP contribution in [0.4, 0.5) is 0 Å². The number of esters is 2. The minimum Gasteiger partial charge on any atom is -0.460 e. The van der Waals surface area contributed by atoms with Crippen LogP contribution >= 0.6 is 0 Å². The van der Waals surface area contributed by atoms with Gasteiger partial charge in [-0.05, 0) is 41.7 Å². The zero-order valence-corrected chi connectivity index (χ0v) is 18.1. The molecule has 0 amide bonds. The highest BCUT2D eigenvalue weighted by Crippen LogP contribution is 2.35. The summed E-state index contributed by atoms with van der Waals surface area (Å²) in [5.41, 5.74) is 1.67. The first-order chi connectivity index (χ1) is 14.5. The van der Waals surface area contributed by atoms with E-state index in [9.17, 15) is 9.59 Å². The molecule has 3 atom stereocenters. The van der Waals surface area contributed by atoms with E-state index < -0.39 is 17.9 Å². The summed E-state index contributed by atoms with van der Waals surface area (Å²) in [5.74, 6) is -0.116. The van der Waals surface area contributed by atoms with Crippen molar-refractivity contribution in [3.63, 3.8) is 0 Å². The normalized spacial score (nSPS) is 21.4. The highest BCUT2D eigenvalue weighted by atomic mass is 16.6. The molecule has 1 saturated carbocycles. The van der Waals surface area contributed by atoms with Crippen LogP contribution in [-0.2, 0) is 19.1 Å². The monoisotopic (exact) mass is 408 g/mol. The summed E-state index contributed by atoms with van der Waals surface area (Å²) in [6.07, 6.45) is 3.01. The fraction of sp³-hybridized carbons (Fsp3) is 0.462. The molecule has 30 heavy (non-hydrogen) atoms. The van der Waals surface area contributed by atoms with E-state index in [1.807, 2.05) is 60.7 Å².